The summed E-state index contributed by atoms with van der Waals surface area (Å²) >= 11 is 3.48. The summed E-state index contributed by atoms with van der Waals surface area (Å²) in [4.78, 5) is 12.1. The van der Waals surface area contributed by atoms with Crippen LogP contribution in [-0.2, 0) is 11.3 Å². The molecule has 0 aliphatic heterocycles. The standard InChI is InChI=1S/C23H23BrN2O2/c1-16-5-3-7-20(11-16)26-23(27)15-28-21-8-4-6-18(13-21)14-25-22-10-9-19(24)12-17(22)2/h3-13,25H,14-15H2,1-2H3,(H,26,27). The van der Waals surface area contributed by atoms with E-state index in [2.05, 4.69) is 45.6 Å². The first-order chi connectivity index (χ1) is 13.5. The Morgan fingerprint density at radius 3 is 2.61 bits per heavy atom. The number of hydrogen-bond donors (Lipinski definition) is 2. The zero-order valence-corrected chi connectivity index (χ0v) is 17.5. The van der Waals surface area contributed by atoms with Crippen molar-refractivity contribution in [3.05, 3.63) is 87.9 Å². The number of carbonyl (C=O) groups is 1. The third kappa shape index (κ3) is 5.86. The van der Waals surface area contributed by atoms with Gasteiger partial charge in [0.05, 0.1) is 0 Å². The van der Waals surface area contributed by atoms with Crippen LogP contribution in [-0.4, -0.2) is 12.5 Å². The summed E-state index contributed by atoms with van der Waals surface area (Å²) in [5.74, 6) is 0.492. The van der Waals surface area contributed by atoms with E-state index in [1.165, 1.54) is 5.56 Å². The molecule has 0 radical (unpaired) electrons. The van der Waals surface area contributed by atoms with Gasteiger partial charge in [-0.25, -0.2) is 0 Å². The topological polar surface area (TPSA) is 50.4 Å². The highest BCUT2D eigenvalue weighted by Crippen LogP contribution is 2.21. The number of benzene rings is 3. The molecule has 1 amide bonds. The Balaban J connectivity index is 1.53. The van der Waals surface area contributed by atoms with E-state index in [0.29, 0.717) is 12.3 Å². The molecule has 0 aliphatic carbocycles. The number of carbonyl (C=O) groups excluding carboxylic acids is 1. The van der Waals surface area contributed by atoms with Crippen LogP contribution in [0.2, 0.25) is 0 Å². The van der Waals surface area contributed by atoms with Gasteiger partial charge >= 0.3 is 0 Å². The third-order valence-corrected chi connectivity index (χ3v) is 4.73. The zero-order valence-electron chi connectivity index (χ0n) is 16.0. The first-order valence-electron chi connectivity index (χ1n) is 9.08. The number of halogens is 1. The van der Waals surface area contributed by atoms with E-state index in [9.17, 15) is 4.79 Å². The molecule has 0 atom stereocenters. The van der Waals surface area contributed by atoms with Crippen molar-refractivity contribution in [2.75, 3.05) is 17.2 Å². The number of amides is 1. The number of nitrogens with one attached hydrogen (secondary N) is 2. The van der Waals surface area contributed by atoms with E-state index in [0.717, 1.165) is 27.0 Å². The summed E-state index contributed by atoms with van der Waals surface area (Å²) in [6.45, 7) is 4.70. The van der Waals surface area contributed by atoms with Gasteiger partial charge in [0, 0.05) is 22.4 Å². The number of hydrogen-bond acceptors (Lipinski definition) is 3. The maximum atomic E-state index is 12.1. The van der Waals surface area contributed by atoms with Crippen LogP contribution >= 0.6 is 15.9 Å². The molecule has 3 aromatic rings. The average molecular weight is 439 g/mol. The Morgan fingerprint density at radius 1 is 1.00 bits per heavy atom. The molecule has 4 nitrogen and oxygen atoms in total. The number of ether oxygens (including phenoxy) is 1. The normalized spacial score (nSPS) is 10.4. The molecule has 5 heteroatoms. The smallest absolute Gasteiger partial charge is 0.262 e. The van der Waals surface area contributed by atoms with Crippen molar-refractivity contribution >= 4 is 33.2 Å². The van der Waals surface area contributed by atoms with Crippen LogP contribution in [0.1, 0.15) is 16.7 Å². The third-order valence-electron chi connectivity index (χ3n) is 4.24. The minimum Gasteiger partial charge on any atom is -0.484 e. The number of rotatable bonds is 7. The van der Waals surface area contributed by atoms with E-state index in [4.69, 9.17) is 4.74 Å². The molecule has 0 fully saturated rings. The molecular weight excluding hydrogens is 416 g/mol. The monoisotopic (exact) mass is 438 g/mol. The molecule has 0 aliphatic rings. The molecule has 3 aromatic carbocycles. The van der Waals surface area contributed by atoms with Gasteiger partial charge in [0.25, 0.3) is 5.91 Å². The summed E-state index contributed by atoms with van der Waals surface area (Å²) < 4.78 is 6.72. The fraction of sp³-hybridized carbons (Fsp3) is 0.174. The number of aryl methyl sites for hydroxylation is 2. The van der Waals surface area contributed by atoms with Crippen LogP contribution in [0.25, 0.3) is 0 Å². The quantitative estimate of drug-likeness (QED) is 0.497. The van der Waals surface area contributed by atoms with Gasteiger partial charge in [0.1, 0.15) is 5.75 Å². The van der Waals surface area contributed by atoms with Gasteiger partial charge in [0.2, 0.25) is 0 Å². The lowest BCUT2D eigenvalue weighted by Crippen LogP contribution is -2.20. The van der Waals surface area contributed by atoms with Crippen LogP contribution in [0.4, 0.5) is 11.4 Å². The van der Waals surface area contributed by atoms with Gasteiger partial charge in [0.15, 0.2) is 6.61 Å². The van der Waals surface area contributed by atoms with E-state index in [1.807, 2.05) is 61.5 Å². The minimum absolute atomic E-state index is 0.0311. The Labute approximate surface area is 174 Å². The molecule has 0 bridgehead atoms. The predicted molar refractivity (Wildman–Crippen MR) is 118 cm³/mol. The van der Waals surface area contributed by atoms with Crippen molar-refractivity contribution in [1.29, 1.82) is 0 Å². The number of anilines is 2. The SMILES string of the molecule is Cc1cccc(NC(=O)COc2cccc(CNc3ccc(Br)cc3C)c2)c1. The van der Waals surface area contributed by atoms with E-state index >= 15 is 0 Å². The van der Waals surface area contributed by atoms with Gasteiger partial charge in [-0.2, -0.15) is 0 Å². The van der Waals surface area contributed by atoms with E-state index in [-0.39, 0.29) is 12.5 Å². The van der Waals surface area contributed by atoms with Gasteiger partial charge in [-0.3, -0.25) is 4.79 Å². The first-order valence-corrected chi connectivity index (χ1v) is 9.87. The summed E-state index contributed by atoms with van der Waals surface area (Å²) in [6.07, 6.45) is 0. The fourth-order valence-corrected chi connectivity index (χ4v) is 3.31. The highest BCUT2D eigenvalue weighted by molar-refractivity contribution is 9.10. The van der Waals surface area contributed by atoms with Crippen LogP contribution in [0.3, 0.4) is 0 Å². The van der Waals surface area contributed by atoms with E-state index in [1.54, 1.807) is 0 Å². The zero-order chi connectivity index (χ0) is 19.9. The Kier molecular flexibility index (Phi) is 6.71. The lowest BCUT2D eigenvalue weighted by atomic mass is 10.1. The maximum absolute atomic E-state index is 12.1. The molecule has 28 heavy (non-hydrogen) atoms. The van der Waals surface area contributed by atoms with Crippen LogP contribution < -0.4 is 15.4 Å². The maximum Gasteiger partial charge on any atom is 0.262 e. The van der Waals surface area contributed by atoms with Gasteiger partial charge in [-0.15, -0.1) is 0 Å². The van der Waals surface area contributed by atoms with Gasteiger partial charge < -0.3 is 15.4 Å². The lowest BCUT2D eigenvalue weighted by molar-refractivity contribution is -0.118. The molecule has 0 spiro atoms. The second kappa shape index (κ2) is 9.42. The molecular formula is C23H23BrN2O2. The molecule has 3 rings (SSSR count). The molecule has 144 valence electrons. The molecule has 0 saturated heterocycles. The van der Waals surface area contributed by atoms with Crippen molar-refractivity contribution in [3.63, 3.8) is 0 Å². The first kappa shape index (κ1) is 20.0. The largest absolute Gasteiger partial charge is 0.484 e. The summed E-state index contributed by atoms with van der Waals surface area (Å²) in [5.41, 5.74) is 5.22. The van der Waals surface area contributed by atoms with Crippen molar-refractivity contribution in [2.45, 2.75) is 20.4 Å². The minimum atomic E-state index is -0.181. The summed E-state index contributed by atoms with van der Waals surface area (Å²) in [6, 6.07) is 21.6. The van der Waals surface area contributed by atoms with Gasteiger partial charge in [-0.1, -0.05) is 40.2 Å². The summed E-state index contributed by atoms with van der Waals surface area (Å²) in [5, 5.41) is 6.28. The molecule has 2 N–H and O–H groups in total. The van der Waals surface area contributed by atoms with Gasteiger partial charge in [-0.05, 0) is 73.0 Å². The Hall–Kier alpha value is -2.79. The Bertz CT molecular complexity index is 972. The molecule has 0 heterocycles. The summed E-state index contributed by atoms with van der Waals surface area (Å²) in [7, 11) is 0. The lowest BCUT2D eigenvalue weighted by Gasteiger charge is -2.12. The van der Waals surface area contributed by atoms with Crippen molar-refractivity contribution in [2.24, 2.45) is 0 Å². The van der Waals surface area contributed by atoms with Crippen molar-refractivity contribution in [1.82, 2.24) is 0 Å². The highest BCUT2D eigenvalue weighted by atomic mass is 79.9. The van der Waals surface area contributed by atoms with Crippen LogP contribution in [0, 0.1) is 13.8 Å². The average Bonchev–Trinajstić information content (AvgIpc) is 2.66. The van der Waals surface area contributed by atoms with Crippen LogP contribution in [0.5, 0.6) is 5.75 Å². The molecule has 0 unspecified atom stereocenters. The molecule has 0 aromatic heterocycles. The second-order valence-electron chi connectivity index (χ2n) is 6.67. The second-order valence-corrected chi connectivity index (χ2v) is 7.58. The van der Waals surface area contributed by atoms with E-state index < -0.39 is 0 Å². The Morgan fingerprint density at radius 2 is 1.82 bits per heavy atom. The fourth-order valence-electron chi connectivity index (χ4n) is 2.84. The molecule has 0 saturated carbocycles. The van der Waals surface area contributed by atoms with Crippen molar-refractivity contribution < 1.29 is 9.53 Å². The predicted octanol–water partition coefficient (Wildman–Crippen LogP) is 5.70. The highest BCUT2D eigenvalue weighted by Gasteiger charge is 2.05. The van der Waals surface area contributed by atoms with Crippen LogP contribution in [0.15, 0.2) is 71.2 Å². The van der Waals surface area contributed by atoms with Crippen molar-refractivity contribution in [3.8, 4) is 5.75 Å².